The number of carbonyl (C=O) groups excluding carboxylic acids is 4. The number of benzene rings is 8. The summed E-state index contributed by atoms with van der Waals surface area (Å²) < 4.78 is 22.8. The van der Waals surface area contributed by atoms with Crippen molar-refractivity contribution in [3.8, 4) is 23.0 Å². The molecule has 17 nitrogen and oxygen atoms in total. The molecule has 0 aliphatic carbocycles. The zero-order valence-electron chi connectivity index (χ0n) is 66.1. The maximum absolute atomic E-state index is 13.3. The summed E-state index contributed by atoms with van der Waals surface area (Å²) in [5.74, 6) is 3.56. The number of amidine groups is 4. The number of fused-ring (bicyclic) bond motifs is 4. The fourth-order valence-electron chi connectivity index (χ4n) is 13.7. The van der Waals surface area contributed by atoms with Crippen LogP contribution in [0.25, 0.3) is 24.3 Å². The molecule has 4 fully saturated rings. The van der Waals surface area contributed by atoms with Crippen molar-refractivity contribution in [2.45, 2.75) is 158 Å². The van der Waals surface area contributed by atoms with Gasteiger partial charge in [0.05, 0.1) is 68.8 Å². The summed E-state index contributed by atoms with van der Waals surface area (Å²) in [4.78, 5) is 81.5. The SMILES string of the molecule is Cc1cccc(N2C(=O)/C(=C/c3ccc4c(c3)CCCO4)SC2=NC(C)C)c1.Cc1cccc(N2C(=O)/C(=C/c3ccc4c(c3)CCO4)SC2=NC(C)C)c1.Cc1ccccc1N1C(=O)/C(=C/c2ccc3c(c2)CCC(CO)O3)SC1=NC(C)C.Cc1ccccc1N1C(=O)/C(=C/c2ccc3c(c2)CCCO3)SC1=NC(C)C. The molecule has 1 atom stereocenters. The Kier molecular flexibility index (Phi) is 26.3. The number of carbonyl (C=O) groups is 4. The molecule has 1 N–H and O–H groups in total. The third kappa shape index (κ3) is 19.7. The lowest BCUT2D eigenvalue weighted by Crippen LogP contribution is -2.30. The highest BCUT2D eigenvalue weighted by Crippen LogP contribution is 2.44. The van der Waals surface area contributed by atoms with Crippen LogP contribution >= 0.6 is 47.0 Å². The zero-order valence-corrected chi connectivity index (χ0v) is 69.3. The minimum Gasteiger partial charge on any atom is -0.493 e. The Balaban J connectivity index is 0.000000132. The van der Waals surface area contributed by atoms with Crippen molar-refractivity contribution in [2.75, 3.05) is 46.0 Å². The molecule has 582 valence electrons. The number of ether oxygens (including phenoxy) is 4. The Morgan fingerprint density at radius 2 is 0.726 bits per heavy atom. The standard InChI is InChI=1S/C24H26N2O3S.2C23H24N2O2S.C22H22N2O2S/c1-15(2)25-24-26(20-7-5-4-6-16(20)3)23(28)22(30-24)13-17-8-11-21-18(12-17)9-10-19(14-27)29-21;1-15(2)24-23-25(19-8-4-6-16(3)12-19)22(26)21(28-23)14-17-9-10-20-18(13-17)7-5-11-27-20;1-15(2)24-23-25(19-9-5-4-7-16(19)3)22(26)21(28-23)14-17-10-11-20-18(13-17)8-6-12-27-20;1-14(2)23-22-24(18-6-4-5-15(3)11-18)21(25)20(27-22)13-16-7-8-19-17(12-16)9-10-26-19/h4-8,11-13,15,19,27H,9-10,14H2,1-3H3;4,6,8-10,12-15H,5,7,11H2,1-3H3;4-5,7,9-11,13-15H,6,8,12H2,1-3H3;4-8,11-14H,9-10H2,1-3H3/b22-13-,25-24?;2*21-14-,24-23?;20-13-,23-22?. The minimum absolute atomic E-state index is 0.0207. The van der Waals surface area contributed by atoms with Gasteiger partial charge in [-0.2, -0.15) is 0 Å². The lowest BCUT2D eigenvalue weighted by atomic mass is 10.00. The fraction of sp³-hybridized carbons (Fsp3) is 0.304. The van der Waals surface area contributed by atoms with Crippen LogP contribution in [0.5, 0.6) is 23.0 Å². The van der Waals surface area contributed by atoms with E-state index in [1.54, 1.807) is 19.6 Å². The van der Waals surface area contributed by atoms with Crippen molar-refractivity contribution in [1.29, 1.82) is 0 Å². The first-order chi connectivity index (χ1) is 54.5. The van der Waals surface area contributed by atoms with E-state index in [2.05, 4.69) is 29.3 Å². The van der Waals surface area contributed by atoms with Crippen LogP contribution in [0.2, 0.25) is 0 Å². The van der Waals surface area contributed by atoms with Crippen LogP contribution in [0.4, 0.5) is 22.7 Å². The third-order valence-electron chi connectivity index (χ3n) is 19.0. The lowest BCUT2D eigenvalue weighted by Gasteiger charge is -2.24. The molecule has 8 aliphatic heterocycles. The minimum atomic E-state index is -0.133. The van der Waals surface area contributed by atoms with E-state index < -0.39 is 0 Å². The van der Waals surface area contributed by atoms with Crippen molar-refractivity contribution < 1.29 is 43.2 Å². The number of hydrogen-bond donors (Lipinski definition) is 1. The average Bonchev–Trinajstić information content (AvgIpc) is 1.66. The second-order valence-electron chi connectivity index (χ2n) is 29.7. The molecule has 0 spiro atoms. The number of rotatable bonds is 13. The molecule has 0 aromatic heterocycles. The molecule has 0 bridgehead atoms. The quantitative estimate of drug-likeness (QED) is 0.108. The zero-order chi connectivity index (χ0) is 79.6. The molecule has 113 heavy (non-hydrogen) atoms. The first-order valence-electron chi connectivity index (χ1n) is 38.7. The Bertz CT molecular complexity index is 5230. The third-order valence-corrected chi connectivity index (χ3v) is 23.0. The van der Waals surface area contributed by atoms with Gasteiger partial charge >= 0.3 is 0 Å². The number of nitrogens with zero attached hydrogens (tertiary/aromatic N) is 8. The molecule has 8 aliphatic rings. The fourth-order valence-corrected chi connectivity index (χ4v) is 18.1. The van der Waals surface area contributed by atoms with E-state index in [9.17, 15) is 24.3 Å². The molecule has 8 aromatic rings. The Morgan fingerprint density at radius 1 is 0.389 bits per heavy atom. The highest BCUT2D eigenvalue weighted by molar-refractivity contribution is 8.20. The molecule has 8 aromatic carbocycles. The summed E-state index contributed by atoms with van der Waals surface area (Å²) in [6.07, 6.45) is 14.4. The van der Waals surface area contributed by atoms with Crippen molar-refractivity contribution in [3.05, 3.63) is 256 Å². The van der Waals surface area contributed by atoms with Crippen LogP contribution < -0.4 is 38.5 Å². The first kappa shape index (κ1) is 80.9. The van der Waals surface area contributed by atoms with Crippen LogP contribution in [-0.2, 0) is 44.9 Å². The van der Waals surface area contributed by atoms with E-state index >= 15 is 0 Å². The summed E-state index contributed by atoms with van der Waals surface area (Å²) in [5, 5.41) is 12.2. The molecule has 8 heterocycles. The molecule has 0 radical (unpaired) electrons. The largest absolute Gasteiger partial charge is 0.493 e. The summed E-state index contributed by atoms with van der Waals surface area (Å²) in [6.45, 7) is 26.6. The van der Waals surface area contributed by atoms with Crippen molar-refractivity contribution in [1.82, 2.24) is 0 Å². The van der Waals surface area contributed by atoms with Gasteiger partial charge in [0.2, 0.25) is 0 Å². The molecule has 16 rings (SSSR count). The number of aliphatic imine (C=N–C) groups is 4. The van der Waals surface area contributed by atoms with Gasteiger partial charge in [-0.1, -0.05) is 84.9 Å². The summed E-state index contributed by atoms with van der Waals surface area (Å²) in [6, 6.07) is 56.5. The number of hydrogen-bond acceptors (Lipinski definition) is 17. The highest BCUT2D eigenvalue weighted by Gasteiger charge is 2.40. The van der Waals surface area contributed by atoms with Gasteiger partial charge in [-0.15, -0.1) is 0 Å². The van der Waals surface area contributed by atoms with E-state index in [1.807, 2.05) is 253 Å². The van der Waals surface area contributed by atoms with Gasteiger partial charge in [0.15, 0.2) is 20.7 Å². The Morgan fingerprint density at radius 3 is 1.09 bits per heavy atom. The topological polar surface area (TPSA) is 188 Å². The molecule has 4 saturated heterocycles. The molecule has 1 unspecified atom stereocenters. The van der Waals surface area contributed by atoms with Gasteiger partial charge in [-0.05, 0) is 345 Å². The van der Waals surface area contributed by atoms with Gasteiger partial charge in [-0.25, -0.2) is 0 Å². The molecular weight excluding hydrogens is 1490 g/mol. The first-order valence-corrected chi connectivity index (χ1v) is 42.0. The van der Waals surface area contributed by atoms with Gasteiger partial charge < -0.3 is 24.1 Å². The molecular formula is C92H96N8O9S4. The number of aliphatic hydroxyl groups is 1. The van der Waals surface area contributed by atoms with Gasteiger partial charge in [-0.3, -0.25) is 58.7 Å². The van der Waals surface area contributed by atoms with Crippen molar-refractivity contribution in [3.63, 3.8) is 0 Å². The van der Waals surface area contributed by atoms with Gasteiger partial charge in [0.1, 0.15) is 29.1 Å². The van der Waals surface area contributed by atoms with Crippen LogP contribution in [0.1, 0.15) is 141 Å². The van der Waals surface area contributed by atoms with Crippen molar-refractivity contribution >= 4 is 138 Å². The Labute approximate surface area is 680 Å². The average molecular weight is 1590 g/mol. The molecule has 4 amide bonds. The number of aliphatic hydroxyl groups excluding tert-OH is 1. The number of anilines is 4. The second-order valence-corrected chi connectivity index (χ2v) is 33.7. The van der Waals surface area contributed by atoms with E-state index in [1.165, 1.54) is 63.7 Å². The van der Waals surface area contributed by atoms with E-state index in [-0.39, 0.29) is 60.5 Å². The lowest BCUT2D eigenvalue weighted by molar-refractivity contribution is -0.114. The van der Waals surface area contributed by atoms with E-state index in [4.69, 9.17) is 33.9 Å². The van der Waals surface area contributed by atoms with Crippen LogP contribution in [0.3, 0.4) is 0 Å². The highest BCUT2D eigenvalue weighted by atomic mass is 32.2. The van der Waals surface area contributed by atoms with Crippen LogP contribution in [-0.4, -0.2) is 106 Å². The Hall–Kier alpha value is -10.2. The maximum atomic E-state index is 13.3. The molecule has 21 heteroatoms. The summed E-state index contributed by atoms with van der Waals surface area (Å²) >= 11 is 5.75. The second kappa shape index (κ2) is 36.8. The maximum Gasteiger partial charge on any atom is 0.271 e. The smallest absolute Gasteiger partial charge is 0.271 e. The van der Waals surface area contributed by atoms with Crippen LogP contribution in [0, 0.1) is 27.7 Å². The predicted octanol–water partition coefficient (Wildman–Crippen LogP) is 19.8. The normalized spacial score (nSPS) is 19.9. The monoisotopic (exact) mass is 1580 g/mol. The molecule has 0 saturated carbocycles. The number of thioether (sulfide) groups is 4. The van der Waals surface area contributed by atoms with Crippen molar-refractivity contribution in [2.24, 2.45) is 20.0 Å². The summed E-state index contributed by atoms with van der Waals surface area (Å²) in [7, 11) is 0. The number of amides is 4. The number of aryl methyl sites for hydroxylation is 7. The van der Waals surface area contributed by atoms with E-state index in [0.29, 0.717) is 24.8 Å². The van der Waals surface area contributed by atoms with Gasteiger partial charge in [0, 0.05) is 30.6 Å². The van der Waals surface area contributed by atoms with Crippen LogP contribution in [0.15, 0.2) is 209 Å². The predicted molar refractivity (Wildman–Crippen MR) is 470 cm³/mol. The van der Waals surface area contributed by atoms with E-state index in [0.717, 1.165) is 176 Å². The summed E-state index contributed by atoms with van der Waals surface area (Å²) in [5.41, 5.74) is 16.6. The number of para-hydroxylation sites is 2. The van der Waals surface area contributed by atoms with Gasteiger partial charge in [0.25, 0.3) is 23.6 Å².